The first-order valence-corrected chi connectivity index (χ1v) is 7.55. The first-order chi connectivity index (χ1) is 12.0. The van der Waals surface area contributed by atoms with Gasteiger partial charge in [0.2, 0.25) is 11.8 Å². The smallest absolute Gasteiger partial charge is 0.233 e. The second-order valence-electron chi connectivity index (χ2n) is 5.20. The van der Waals surface area contributed by atoms with Gasteiger partial charge >= 0.3 is 0 Å². The van der Waals surface area contributed by atoms with Crippen LogP contribution in [0.1, 0.15) is 12.0 Å². The quantitative estimate of drug-likeness (QED) is 0.755. The predicted molar refractivity (Wildman–Crippen MR) is 91.0 cm³/mol. The molecule has 2 aromatic rings. The SMILES string of the molecule is COc1ccc(CNC(=O)CC(=O)Nc2cccc(F)c2)cc1OC. The van der Waals surface area contributed by atoms with Crippen molar-refractivity contribution in [3.63, 3.8) is 0 Å². The molecule has 0 unspecified atom stereocenters. The van der Waals surface area contributed by atoms with Crippen molar-refractivity contribution in [2.45, 2.75) is 13.0 Å². The summed E-state index contributed by atoms with van der Waals surface area (Å²) < 4.78 is 23.4. The molecule has 2 aromatic carbocycles. The van der Waals surface area contributed by atoms with E-state index in [4.69, 9.17) is 9.47 Å². The van der Waals surface area contributed by atoms with Crippen LogP contribution in [-0.2, 0) is 16.1 Å². The van der Waals surface area contributed by atoms with Gasteiger partial charge in [-0.15, -0.1) is 0 Å². The molecule has 0 saturated heterocycles. The van der Waals surface area contributed by atoms with Gasteiger partial charge in [0.1, 0.15) is 12.2 Å². The van der Waals surface area contributed by atoms with E-state index in [9.17, 15) is 14.0 Å². The highest BCUT2D eigenvalue weighted by molar-refractivity contribution is 6.03. The molecule has 6 nitrogen and oxygen atoms in total. The first-order valence-electron chi connectivity index (χ1n) is 7.55. The molecule has 0 saturated carbocycles. The van der Waals surface area contributed by atoms with Crippen LogP contribution in [0.2, 0.25) is 0 Å². The highest BCUT2D eigenvalue weighted by atomic mass is 19.1. The van der Waals surface area contributed by atoms with E-state index >= 15 is 0 Å². The maximum atomic E-state index is 13.1. The van der Waals surface area contributed by atoms with Gasteiger partial charge in [0.05, 0.1) is 14.2 Å². The number of nitrogens with one attached hydrogen (secondary N) is 2. The molecule has 0 bridgehead atoms. The standard InChI is InChI=1S/C18H19FN2O4/c1-24-15-7-6-12(8-16(15)25-2)11-20-17(22)10-18(23)21-14-5-3-4-13(19)9-14/h3-9H,10-11H2,1-2H3,(H,20,22)(H,21,23). The molecule has 0 aromatic heterocycles. The molecular formula is C18H19FN2O4. The van der Waals surface area contributed by atoms with Gasteiger partial charge in [0.25, 0.3) is 0 Å². The number of anilines is 1. The van der Waals surface area contributed by atoms with E-state index in [1.54, 1.807) is 24.3 Å². The minimum Gasteiger partial charge on any atom is -0.493 e. The Morgan fingerprint density at radius 3 is 2.44 bits per heavy atom. The number of ether oxygens (including phenoxy) is 2. The van der Waals surface area contributed by atoms with Gasteiger partial charge in [-0.3, -0.25) is 9.59 Å². The Labute approximate surface area is 144 Å². The topological polar surface area (TPSA) is 76.7 Å². The average molecular weight is 346 g/mol. The third kappa shape index (κ3) is 5.49. The average Bonchev–Trinajstić information content (AvgIpc) is 2.59. The number of benzene rings is 2. The van der Waals surface area contributed by atoms with Crippen LogP contribution in [0, 0.1) is 5.82 Å². The number of methoxy groups -OCH3 is 2. The Morgan fingerprint density at radius 2 is 1.76 bits per heavy atom. The van der Waals surface area contributed by atoms with Crippen molar-refractivity contribution in [1.29, 1.82) is 0 Å². The second kappa shape index (κ2) is 8.68. The molecule has 0 aliphatic rings. The summed E-state index contributed by atoms with van der Waals surface area (Å²) in [7, 11) is 3.06. The van der Waals surface area contributed by atoms with Crippen LogP contribution in [0.3, 0.4) is 0 Å². The minimum atomic E-state index is -0.518. The number of rotatable bonds is 7. The van der Waals surface area contributed by atoms with Crippen molar-refractivity contribution in [3.05, 3.63) is 53.8 Å². The van der Waals surface area contributed by atoms with E-state index in [1.807, 2.05) is 0 Å². The molecule has 0 atom stereocenters. The number of carbonyl (C=O) groups is 2. The van der Waals surface area contributed by atoms with E-state index in [1.165, 1.54) is 32.4 Å². The van der Waals surface area contributed by atoms with Gasteiger partial charge in [-0.1, -0.05) is 12.1 Å². The molecule has 2 N–H and O–H groups in total. The zero-order valence-electron chi connectivity index (χ0n) is 14.0. The fourth-order valence-electron chi connectivity index (χ4n) is 2.17. The maximum Gasteiger partial charge on any atom is 0.233 e. The van der Waals surface area contributed by atoms with Crippen LogP contribution < -0.4 is 20.1 Å². The van der Waals surface area contributed by atoms with E-state index in [0.29, 0.717) is 17.2 Å². The number of hydrogen-bond acceptors (Lipinski definition) is 4. The summed E-state index contributed by atoms with van der Waals surface area (Å²) in [5.41, 5.74) is 1.11. The lowest BCUT2D eigenvalue weighted by molar-refractivity contribution is -0.126. The molecule has 7 heteroatoms. The minimum absolute atomic E-state index is 0.242. The first kappa shape index (κ1) is 18.3. The lowest BCUT2D eigenvalue weighted by Gasteiger charge is -2.10. The summed E-state index contributed by atoms with van der Waals surface area (Å²) in [5.74, 6) is -0.278. The van der Waals surface area contributed by atoms with Gasteiger partial charge in [0, 0.05) is 12.2 Å². The lowest BCUT2D eigenvalue weighted by Crippen LogP contribution is -2.27. The Bertz CT molecular complexity index is 764. The largest absolute Gasteiger partial charge is 0.493 e. The molecule has 2 rings (SSSR count). The number of amides is 2. The van der Waals surface area contributed by atoms with Crippen molar-refractivity contribution < 1.29 is 23.5 Å². The zero-order valence-corrected chi connectivity index (χ0v) is 14.0. The van der Waals surface area contributed by atoms with Crippen molar-refractivity contribution in [2.75, 3.05) is 19.5 Å². The lowest BCUT2D eigenvalue weighted by atomic mass is 10.2. The number of hydrogen-bond donors (Lipinski definition) is 2. The molecular weight excluding hydrogens is 327 g/mol. The van der Waals surface area contributed by atoms with Crippen LogP contribution in [0.15, 0.2) is 42.5 Å². The van der Waals surface area contributed by atoms with Crippen LogP contribution in [0.5, 0.6) is 11.5 Å². The summed E-state index contributed by atoms with van der Waals surface area (Å²) in [6.45, 7) is 0.242. The summed E-state index contributed by atoms with van der Waals surface area (Å²) in [6.07, 6.45) is -0.357. The molecule has 25 heavy (non-hydrogen) atoms. The molecule has 2 amide bonds. The maximum absolute atomic E-state index is 13.1. The van der Waals surface area contributed by atoms with E-state index in [2.05, 4.69) is 10.6 Å². The molecule has 0 radical (unpaired) electrons. The fraction of sp³-hybridized carbons (Fsp3) is 0.222. The van der Waals surface area contributed by atoms with Crippen LogP contribution >= 0.6 is 0 Å². The van der Waals surface area contributed by atoms with Crippen molar-refractivity contribution in [1.82, 2.24) is 5.32 Å². The van der Waals surface area contributed by atoms with Crippen molar-refractivity contribution >= 4 is 17.5 Å². The zero-order chi connectivity index (χ0) is 18.2. The van der Waals surface area contributed by atoms with Crippen LogP contribution in [0.4, 0.5) is 10.1 Å². The van der Waals surface area contributed by atoms with Crippen molar-refractivity contribution in [2.24, 2.45) is 0 Å². The van der Waals surface area contributed by atoms with E-state index in [0.717, 1.165) is 5.56 Å². The Hall–Kier alpha value is -3.09. The molecule has 0 aliphatic heterocycles. The normalized spacial score (nSPS) is 10.0. The van der Waals surface area contributed by atoms with Gasteiger partial charge in [0.15, 0.2) is 11.5 Å². The molecule has 0 heterocycles. The third-order valence-corrected chi connectivity index (χ3v) is 3.37. The van der Waals surface area contributed by atoms with Gasteiger partial charge in [-0.25, -0.2) is 4.39 Å². The van der Waals surface area contributed by atoms with Gasteiger partial charge < -0.3 is 20.1 Å². The summed E-state index contributed by atoms with van der Waals surface area (Å²) >= 11 is 0. The highest BCUT2D eigenvalue weighted by Crippen LogP contribution is 2.27. The van der Waals surface area contributed by atoms with E-state index < -0.39 is 17.6 Å². The number of carbonyl (C=O) groups excluding carboxylic acids is 2. The van der Waals surface area contributed by atoms with Gasteiger partial charge in [-0.2, -0.15) is 0 Å². The third-order valence-electron chi connectivity index (χ3n) is 3.37. The molecule has 132 valence electrons. The second-order valence-corrected chi connectivity index (χ2v) is 5.20. The fourth-order valence-corrected chi connectivity index (χ4v) is 2.17. The van der Waals surface area contributed by atoms with Gasteiger partial charge in [-0.05, 0) is 35.9 Å². The Kier molecular flexibility index (Phi) is 6.33. The predicted octanol–water partition coefficient (Wildman–Crippen LogP) is 2.49. The van der Waals surface area contributed by atoms with Crippen LogP contribution in [0.25, 0.3) is 0 Å². The summed E-state index contributed by atoms with van der Waals surface area (Å²) in [6, 6.07) is 10.7. The van der Waals surface area contributed by atoms with E-state index in [-0.39, 0.29) is 13.0 Å². The molecule has 0 fully saturated rings. The molecule has 0 spiro atoms. The van der Waals surface area contributed by atoms with Crippen LogP contribution in [-0.4, -0.2) is 26.0 Å². The molecule has 0 aliphatic carbocycles. The summed E-state index contributed by atoms with van der Waals surface area (Å²) in [4.78, 5) is 23.7. The Morgan fingerprint density at radius 1 is 1.00 bits per heavy atom. The van der Waals surface area contributed by atoms with Crippen molar-refractivity contribution in [3.8, 4) is 11.5 Å². The Balaban J connectivity index is 1.85. The summed E-state index contributed by atoms with van der Waals surface area (Å²) in [5, 5.41) is 5.11. The monoisotopic (exact) mass is 346 g/mol. The number of halogens is 1. The highest BCUT2D eigenvalue weighted by Gasteiger charge is 2.11.